The van der Waals surface area contributed by atoms with Gasteiger partial charge < -0.3 is 19.5 Å². The van der Waals surface area contributed by atoms with Gasteiger partial charge in [0.25, 0.3) is 5.91 Å². The van der Waals surface area contributed by atoms with Gasteiger partial charge in [-0.3, -0.25) is 4.79 Å². The van der Waals surface area contributed by atoms with Gasteiger partial charge in [-0.15, -0.1) is 5.10 Å². The van der Waals surface area contributed by atoms with Gasteiger partial charge in [-0.1, -0.05) is 11.8 Å². The van der Waals surface area contributed by atoms with E-state index in [4.69, 9.17) is 14.2 Å². The Morgan fingerprint density at radius 2 is 1.95 bits per heavy atom. The summed E-state index contributed by atoms with van der Waals surface area (Å²) in [7, 11) is 4.61. The highest BCUT2D eigenvalue weighted by atomic mass is 32.2. The van der Waals surface area contributed by atoms with Gasteiger partial charge in [0.15, 0.2) is 16.5 Å². The molecule has 1 saturated heterocycles. The number of carbonyl (C=O) groups excluding carboxylic acids is 1. The van der Waals surface area contributed by atoms with Crippen molar-refractivity contribution in [1.82, 2.24) is 5.32 Å². The number of nitrogens with one attached hydrogen (secondary N) is 1. The van der Waals surface area contributed by atoms with Crippen molar-refractivity contribution in [2.75, 3.05) is 27.2 Å². The van der Waals surface area contributed by atoms with E-state index in [0.29, 0.717) is 33.7 Å². The smallest absolute Gasteiger partial charge is 0.279 e. The lowest BCUT2D eigenvalue weighted by Gasteiger charge is -2.13. The van der Waals surface area contributed by atoms with Crippen molar-refractivity contribution in [2.45, 2.75) is 0 Å². The van der Waals surface area contributed by atoms with E-state index in [1.807, 2.05) is 0 Å². The predicted octanol–water partition coefficient (Wildman–Crippen LogP) is 1.27. The first-order valence-corrected chi connectivity index (χ1v) is 7.00. The van der Waals surface area contributed by atoms with E-state index in [1.165, 1.54) is 32.2 Å². The molecule has 0 spiro atoms. The molecule has 7 nitrogen and oxygen atoms in total. The van der Waals surface area contributed by atoms with Crippen molar-refractivity contribution in [3.8, 4) is 17.2 Å². The van der Waals surface area contributed by atoms with E-state index >= 15 is 0 Å². The molecule has 1 fully saturated rings. The molecule has 1 aliphatic heterocycles. The second-order valence-corrected chi connectivity index (χ2v) is 4.83. The molecule has 0 bridgehead atoms. The van der Waals surface area contributed by atoms with Crippen LogP contribution in [0.15, 0.2) is 22.3 Å². The number of ether oxygens (including phenoxy) is 3. The zero-order valence-electron chi connectivity index (χ0n) is 11.9. The minimum absolute atomic E-state index is 0.212. The lowest BCUT2D eigenvalue weighted by atomic mass is 10.2. The standard InChI is InChI=1S/C13H15N3O4S/c1-18-9-5-4-8(10(19-2)11(9)20-3)6-15-16-13-12(17)14-7-21-13/h4-6H,7H2,1-3H3,(H,14,17)/b15-6-,16-13-. The lowest BCUT2D eigenvalue weighted by Crippen LogP contribution is -2.18. The number of rotatable bonds is 5. The van der Waals surface area contributed by atoms with Crippen LogP contribution in [0.25, 0.3) is 0 Å². The molecule has 21 heavy (non-hydrogen) atoms. The highest BCUT2D eigenvalue weighted by molar-refractivity contribution is 8.16. The Balaban J connectivity index is 2.29. The van der Waals surface area contributed by atoms with Crippen LogP contribution in [-0.4, -0.2) is 44.4 Å². The van der Waals surface area contributed by atoms with Crippen molar-refractivity contribution in [2.24, 2.45) is 10.2 Å². The molecule has 0 aromatic heterocycles. The molecule has 1 aromatic carbocycles. The summed E-state index contributed by atoms with van der Waals surface area (Å²) in [6, 6.07) is 3.51. The van der Waals surface area contributed by atoms with Crippen LogP contribution in [0.2, 0.25) is 0 Å². The third kappa shape index (κ3) is 3.27. The molecule has 1 heterocycles. The van der Waals surface area contributed by atoms with Gasteiger partial charge in [0.1, 0.15) is 0 Å². The average molecular weight is 309 g/mol. The predicted molar refractivity (Wildman–Crippen MR) is 81.7 cm³/mol. The summed E-state index contributed by atoms with van der Waals surface area (Å²) in [5, 5.41) is 10.8. The Hall–Kier alpha value is -2.22. The molecule has 1 aromatic rings. The van der Waals surface area contributed by atoms with Gasteiger partial charge in [0.2, 0.25) is 5.75 Å². The van der Waals surface area contributed by atoms with Crippen LogP contribution in [0.4, 0.5) is 0 Å². The first-order valence-electron chi connectivity index (χ1n) is 6.02. The van der Waals surface area contributed by atoms with Gasteiger partial charge in [-0.2, -0.15) is 5.10 Å². The molecule has 2 rings (SSSR count). The van der Waals surface area contributed by atoms with Crippen molar-refractivity contribution in [3.63, 3.8) is 0 Å². The fraction of sp³-hybridized carbons (Fsp3) is 0.308. The summed E-state index contributed by atoms with van der Waals surface area (Å²) in [6.07, 6.45) is 1.50. The van der Waals surface area contributed by atoms with Crippen molar-refractivity contribution in [1.29, 1.82) is 0 Å². The summed E-state index contributed by atoms with van der Waals surface area (Å²) in [5.74, 6) is 1.83. The van der Waals surface area contributed by atoms with Crippen LogP contribution < -0.4 is 19.5 Å². The van der Waals surface area contributed by atoms with Crippen molar-refractivity contribution in [3.05, 3.63) is 17.7 Å². The number of carbonyl (C=O) groups is 1. The second kappa shape index (κ2) is 6.98. The lowest BCUT2D eigenvalue weighted by molar-refractivity contribution is -0.113. The molecule has 0 saturated carbocycles. The first-order chi connectivity index (χ1) is 10.2. The normalized spacial score (nSPS) is 16.3. The maximum atomic E-state index is 11.3. The molecule has 112 valence electrons. The molecular formula is C13H15N3O4S. The van der Waals surface area contributed by atoms with Crippen LogP contribution in [0.5, 0.6) is 17.2 Å². The van der Waals surface area contributed by atoms with Crippen molar-refractivity contribution >= 4 is 28.9 Å². The monoisotopic (exact) mass is 309 g/mol. The number of hydrogen-bond donors (Lipinski definition) is 1. The Morgan fingerprint density at radius 1 is 1.19 bits per heavy atom. The Kier molecular flexibility index (Phi) is 5.04. The zero-order valence-corrected chi connectivity index (χ0v) is 12.7. The fourth-order valence-corrected chi connectivity index (χ4v) is 2.40. The van der Waals surface area contributed by atoms with Crippen molar-refractivity contribution < 1.29 is 19.0 Å². The first kappa shape index (κ1) is 15.2. The van der Waals surface area contributed by atoms with Gasteiger partial charge in [-0.05, 0) is 12.1 Å². The molecule has 8 heteroatoms. The summed E-state index contributed by atoms with van der Waals surface area (Å²) in [4.78, 5) is 11.3. The molecule has 0 unspecified atom stereocenters. The third-order valence-electron chi connectivity index (χ3n) is 2.72. The van der Waals surface area contributed by atoms with Gasteiger partial charge in [0.05, 0.1) is 33.4 Å². The Morgan fingerprint density at radius 3 is 2.52 bits per heavy atom. The number of benzene rings is 1. The zero-order chi connectivity index (χ0) is 15.2. The Bertz CT molecular complexity index is 601. The summed E-state index contributed by atoms with van der Waals surface area (Å²) >= 11 is 1.31. The van der Waals surface area contributed by atoms with Crippen LogP contribution in [-0.2, 0) is 4.79 Å². The molecule has 0 radical (unpaired) electrons. The van der Waals surface area contributed by atoms with Gasteiger partial charge >= 0.3 is 0 Å². The highest BCUT2D eigenvalue weighted by Crippen LogP contribution is 2.38. The SMILES string of the molecule is COc1ccc(/C=N\N=C2/SCNC2=O)c(OC)c1OC. The van der Waals surface area contributed by atoms with E-state index < -0.39 is 0 Å². The number of nitrogens with zero attached hydrogens (tertiary/aromatic N) is 2. The largest absolute Gasteiger partial charge is 0.493 e. The number of hydrogen-bond acceptors (Lipinski definition) is 7. The minimum atomic E-state index is -0.212. The van der Waals surface area contributed by atoms with Crippen LogP contribution >= 0.6 is 11.8 Å². The Labute approximate surface area is 126 Å². The minimum Gasteiger partial charge on any atom is -0.493 e. The number of amides is 1. The summed E-state index contributed by atoms with van der Waals surface area (Å²) in [5.41, 5.74) is 0.669. The van der Waals surface area contributed by atoms with E-state index in [9.17, 15) is 4.79 Å². The summed E-state index contributed by atoms with van der Waals surface area (Å²) < 4.78 is 15.8. The third-order valence-corrected chi connectivity index (χ3v) is 3.55. The molecule has 0 aliphatic carbocycles. The van der Waals surface area contributed by atoms with E-state index in [0.717, 1.165) is 0 Å². The second-order valence-electron chi connectivity index (χ2n) is 3.87. The number of thioether (sulfide) groups is 1. The van der Waals surface area contributed by atoms with Gasteiger partial charge in [-0.25, -0.2) is 0 Å². The van der Waals surface area contributed by atoms with E-state index in [2.05, 4.69) is 15.5 Å². The fourth-order valence-electron chi connectivity index (χ4n) is 1.76. The van der Waals surface area contributed by atoms with Gasteiger partial charge in [0, 0.05) is 5.56 Å². The maximum Gasteiger partial charge on any atom is 0.279 e. The maximum absolute atomic E-state index is 11.3. The average Bonchev–Trinajstić information content (AvgIpc) is 2.91. The van der Waals surface area contributed by atoms with Crippen LogP contribution in [0.1, 0.15) is 5.56 Å². The number of methoxy groups -OCH3 is 3. The van der Waals surface area contributed by atoms with Crippen LogP contribution in [0.3, 0.4) is 0 Å². The topological polar surface area (TPSA) is 81.5 Å². The summed E-state index contributed by atoms with van der Waals surface area (Å²) in [6.45, 7) is 0. The quantitative estimate of drug-likeness (QED) is 0.654. The molecule has 0 atom stereocenters. The molecular weight excluding hydrogens is 294 g/mol. The van der Waals surface area contributed by atoms with E-state index in [-0.39, 0.29) is 5.91 Å². The van der Waals surface area contributed by atoms with Crippen LogP contribution in [0, 0.1) is 0 Å². The van der Waals surface area contributed by atoms with E-state index in [1.54, 1.807) is 19.2 Å². The molecule has 1 N–H and O–H groups in total. The molecule has 1 aliphatic rings. The molecule has 1 amide bonds. The highest BCUT2D eigenvalue weighted by Gasteiger charge is 2.19.